The summed E-state index contributed by atoms with van der Waals surface area (Å²) in [4.78, 5) is 11.2. The van der Waals surface area contributed by atoms with Gasteiger partial charge in [-0.05, 0) is 42.8 Å². The van der Waals surface area contributed by atoms with Crippen molar-refractivity contribution in [1.29, 1.82) is 0 Å². The largest absolute Gasteiger partial charge is 0.416 e. The minimum atomic E-state index is -4.88. The summed E-state index contributed by atoms with van der Waals surface area (Å²) in [7, 11) is 0. The molecule has 0 radical (unpaired) electrons. The van der Waals surface area contributed by atoms with Crippen LogP contribution in [-0.2, 0) is 18.8 Å². The molecule has 3 nitrogen and oxygen atoms in total. The second-order valence-electron chi connectivity index (χ2n) is 6.00. The van der Waals surface area contributed by atoms with Crippen molar-refractivity contribution in [3.63, 3.8) is 0 Å². The van der Waals surface area contributed by atoms with Crippen LogP contribution in [0.2, 0.25) is 0 Å². The molecule has 2 heterocycles. The lowest BCUT2D eigenvalue weighted by atomic mass is 10.0. The number of alkyl halides is 6. The molecule has 0 atom stereocenters. The molecular weight excluding hydrogens is 372 g/mol. The molecule has 142 valence electrons. The van der Waals surface area contributed by atoms with Crippen LogP contribution >= 0.6 is 0 Å². The molecule has 0 fully saturated rings. The summed E-state index contributed by atoms with van der Waals surface area (Å²) in [6, 6.07) is 6.79. The second-order valence-corrected chi connectivity index (χ2v) is 6.00. The van der Waals surface area contributed by atoms with Crippen LogP contribution in [0.1, 0.15) is 28.2 Å². The van der Waals surface area contributed by atoms with Crippen molar-refractivity contribution >= 4 is 0 Å². The quantitative estimate of drug-likeness (QED) is 0.613. The number of rotatable bonds is 3. The predicted octanol–water partition coefficient (Wildman–Crippen LogP) is 5.41. The Balaban J connectivity index is 1.94. The smallest absolute Gasteiger partial charge is 0.340 e. The van der Waals surface area contributed by atoms with Gasteiger partial charge in [-0.2, -0.15) is 26.3 Å². The Labute approximate surface area is 150 Å². The molecule has 0 aliphatic rings. The van der Waals surface area contributed by atoms with Crippen molar-refractivity contribution in [1.82, 2.24) is 15.0 Å². The fourth-order valence-corrected chi connectivity index (χ4v) is 2.59. The molecule has 0 spiro atoms. The van der Waals surface area contributed by atoms with E-state index in [1.165, 1.54) is 6.20 Å². The number of nitrogens with one attached hydrogen (secondary N) is 1. The summed E-state index contributed by atoms with van der Waals surface area (Å²) in [5.74, 6) is 0.237. The molecule has 3 rings (SSSR count). The SMILES string of the molecule is Cc1cccc(-c2cnc(Cc3cc(C(F)(F)F)cc(C(F)(F)F)c3)[nH]2)n1. The van der Waals surface area contributed by atoms with Gasteiger partial charge in [0.05, 0.1) is 28.7 Å². The average molecular weight is 385 g/mol. The topological polar surface area (TPSA) is 41.6 Å². The lowest BCUT2D eigenvalue weighted by Crippen LogP contribution is -2.12. The maximum Gasteiger partial charge on any atom is 0.416 e. The van der Waals surface area contributed by atoms with E-state index in [0.29, 0.717) is 23.5 Å². The monoisotopic (exact) mass is 385 g/mol. The van der Waals surface area contributed by atoms with E-state index in [4.69, 9.17) is 0 Å². The number of H-pyrrole nitrogens is 1. The zero-order chi connectivity index (χ0) is 19.8. The number of pyridine rings is 1. The summed E-state index contributed by atoms with van der Waals surface area (Å²) in [6.45, 7) is 1.79. The summed E-state index contributed by atoms with van der Waals surface area (Å²) in [5.41, 5.74) is -0.976. The van der Waals surface area contributed by atoms with E-state index in [-0.39, 0.29) is 23.9 Å². The minimum absolute atomic E-state index is 0.105. The third-order valence-corrected chi connectivity index (χ3v) is 3.81. The third kappa shape index (κ3) is 4.47. The molecule has 2 aromatic heterocycles. The highest BCUT2D eigenvalue weighted by atomic mass is 19.4. The molecule has 0 saturated heterocycles. The van der Waals surface area contributed by atoms with Gasteiger partial charge in [-0.3, -0.25) is 4.98 Å². The molecule has 9 heteroatoms. The van der Waals surface area contributed by atoms with Crippen LogP contribution in [0.25, 0.3) is 11.4 Å². The summed E-state index contributed by atoms with van der Waals surface area (Å²) in [6.07, 6.45) is -8.53. The van der Waals surface area contributed by atoms with Gasteiger partial charge in [-0.1, -0.05) is 6.07 Å². The molecule has 0 saturated carbocycles. The van der Waals surface area contributed by atoms with E-state index in [2.05, 4.69) is 15.0 Å². The van der Waals surface area contributed by atoms with Crippen LogP contribution in [-0.4, -0.2) is 15.0 Å². The number of aromatic amines is 1. The molecule has 3 aromatic rings. The zero-order valence-electron chi connectivity index (χ0n) is 13.9. The van der Waals surface area contributed by atoms with E-state index in [0.717, 1.165) is 5.69 Å². The molecular formula is C18H13F6N3. The van der Waals surface area contributed by atoms with E-state index >= 15 is 0 Å². The Morgan fingerprint density at radius 3 is 2.11 bits per heavy atom. The van der Waals surface area contributed by atoms with Crippen LogP contribution in [0, 0.1) is 6.92 Å². The lowest BCUT2D eigenvalue weighted by Gasteiger charge is -2.13. The highest BCUT2D eigenvalue weighted by Crippen LogP contribution is 2.36. The van der Waals surface area contributed by atoms with Gasteiger partial charge < -0.3 is 4.98 Å². The molecule has 0 aliphatic heterocycles. The highest BCUT2D eigenvalue weighted by molar-refractivity contribution is 5.53. The van der Waals surface area contributed by atoms with Gasteiger partial charge in [0.25, 0.3) is 0 Å². The number of benzene rings is 1. The van der Waals surface area contributed by atoms with Gasteiger partial charge in [0, 0.05) is 12.1 Å². The van der Waals surface area contributed by atoms with Gasteiger partial charge in [-0.25, -0.2) is 4.98 Å². The van der Waals surface area contributed by atoms with E-state index < -0.39 is 23.5 Å². The number of nitrogens with zero attached hydrogens (tertiary/aromatic N) is 2. The number of halogens is 6. The van der Waals surface area contributed by atoms with Crippen molar-refractivity contribution < 1.29 is 26.3 Å². The first-order valence-corrected chi connectivity index (χ1v) is 7.78. The lowest BCUT2D eigenvalue weighted by molar-refractivity contribution is -0.143. The van der Waals surface area contributed by atoms with Crippen LogP contribution in [0.15, 0.2) is 42.6 Å². The maximum absolute atomic E-state index is 12.9. The Hall–Kier alpha value is -2.84. The van der Waals surface area contributed by atoms with Crippen LogP contribution in [0.3, 0.4) is 0 Å². The van der Waals surface area contributed by atoms with Gasteiger partial charge in [0.2, 0.25) is 0 Å². The Morgan fingerprint density at radius 1 is 0.926 bits per heavy atom. The van der Waals surface area contributed by atoms with Crippen molar-refractivity contribution in [2.75, 3.05) is 0 Å². The first kappa shape index (κ1) is 18.9. The standard InChI is InChI=1S/C18H13F6N3/c1-10-3-2-4-14(26-10)15-9-25-16(27-15)7-11-5-12(17(19,20)21)8-13(6-11)18(22,23)24/h2-6,8-9H,7H2,1H3,(H,25,27). The van der Waals surface area contributed by atoms with Gasteiger partial charge in [0.15, 0.2) is 0 Å². The fraction of sp³-hybridized carbons (Fsp3) is 0.222. The Morgan fingerprint density at radius 2 is 1.56 bits per heavy atom. The fourth-order valence-electron chi connectivity index (χ4n) is 2.59. The summed E-state index contributed by atoms with van der Waals surface area (Å²) < 4.78 is 77.6. The second kappa shape index (κ2) is 6.71. The highest BCUT2D eigenvalue weighted by Gasteiger charge is 2.36. The molecule has 27 heavy (non-hydrogen) atoms. The summed E-state index contributed by atoms with van der Waals surface area (Å²) in [5, 5.41) is 0. The van der Waals surface area contributed by atoms with Gasteiger partial charge in [-0.15, -0.1) is 0 Å². The van der Waals surface area contributed by atoms with E-state index in [9.17, 15) is 26.3 Å². The Kier molecular flexibility index (Phi) is 4.71. The first-order valence-electron chi connectivity index (χ1n) is 7.78. The number of hydrogen-bond donors (Lipinski definition) is 1. The van der Waals surface area contributed by atoms with Crippen molar-refractivity contribution in [2.24, 2.45) is 0 Å². The normalized spacial score (nSPS) is 12.4. The van der Waals surface area contributed by atoms with Gasteiger partial charge >= 0.3 is 12.4 Å². The molecule has 0 bridgehead atoms. The minimum Gasteiger partial charge on any atom is -0.340 e. The third-order valence-electron chi connectivity index (χ3n) is 3.81. The van der Waals surface area contributed by atoms with Crippen LogP contribution in [0.4, 0.5) is 26.3 Å². The maximum atomic E-state index is 12.9. The molecule has 0 aliphatic carbocycles. The van der Waals surface area contributed by atoms with E-state index in [1.807, 2.05) is 0 Å². The molecule has 0 amide bonds. The van der Waals surface area contributed by atoms with Crippen molar-refractivity contribution in [3.05, 3.63) is 70.8 Å². The molecule has 0 unspecified atom stereocenters. The van der Waals surface area contributed by atoms with Crippen LogP contribution in [0.5, 0.6) is 0 Å². The average Bonchev–Trinajstić information content (AvgIpc) is 3.01. The molecule has 1 N–H and O–H groups in total. The first-order chi connectivity index (χ1) is 12.5. The van der Waals surface area contributed by atoms with Crippen molar-refractivity contribution in [3.8, 4) is 11.4 Å². The predicted molar refractivity (Wildman–Crippen MR) is 85.8 cm³/mol. The van der Waals surface area contributed by atoms with E-state index in [1.54, 1.807) is 25.1 Å². The number of aromatic nitrogens is 3. The Bertz CT molecular complexity index is 924. The van der Waals surface area contributed by atoms with Gasteiger partial charge in [0.1, 0.15) is 5.82 Å². The number of hydrogen-bond acceptors (Lipinski definition) is 2. The zero-order valence-corrected chi connectivity index (χ0v) is 13.9. The summed E-state index contributed by atoms with van der Waals surface area (Å²) >= 11 is 0. The van der Waals surface area contributed by atoms with Crippen molar-refractivity contribution in [2.45, 2.75) is 25.7 Å². The van der Waals surface area contributed by atoms with Crippen LogP contribution < -0.4 is 0 Å². The number of imidazole rings is 1. The molecule has 1 aromatic carbocycles. The number of aryl methyl sites for hydroxylation is 1.